The molecule has 1 aromatic heterocycles. The number of rotatable bonds is 6. The molecule has 152 valence electrons. The third kappa shape index (κ3) is 5.03. The summed E-state index contributed by atoms with van der Waals surface area (Å²) in [5, 5.41) is 11.4. The summed E-state index contributed by atoms with van der Waals surface area (Å²) in [7, 11) is 3.19. The summed E-state index contributed by atoms with van der Waals surface area (Å²) in [6.45, 7) is 4.42. The first-order chi connectivity index (χ1) is 13.9. The van der Waals surface area contributed by atoms with Gasteiger partial charge in [0.2, 0.25) is 0 Å². The Bertz CT molecular complexity index is 996. The van der Waals surface area contributed by atoms with E-state index in [1.807, 2.05) is 30.7 Å². The monoisotopic (exact) mass is 414 g/mol. The zero-order chi connectivity index (χ0) is 21.0. The summed E-state index contributed by atoms with van der Waals surface area (Å²) in [6.07, 6.45) is 0. The zero-order valence-electron chi connectivity index (χ0n) is 16.7. The molecule has 29 heavy (non-hydrogen) atoms. The van der Waals surface area contributed by atoms with Crippen LogP contribution in [0.25, 0.3) is 0 Å². The predicted octanol–water partition coefficient (Wildman–Crippen LogP) is 4.51. The van der Waals surface area contributed by atoms with Crippen LogP contribution in [-0.2, 0) is 6.54 Å². The molecule has 0 atom stereocenters. The molecule has 8 heteroatoms. The molecule has 0 unspecified atom stereocenters. The molecule has 0 aliphatic rings. The highest BCUT2D eigenvalue weighted by molar-refractivity contribution is 7.80. The lowest BCUT2D eigenvalue weighted by atomic mass is 10.2. The molecule has 2 aromatic carbocycles. The van der Waals surface area contributed by atoms with Crippen LogP contribution >= 0.6 is 12.2 Å². The van der Waals surface area contributed by atoms with Gasteiger partial charge in [-0.2, -0.15) is 5.10 Å². The van der Waals surface area contributed by atoms with E-state index in [1.165, 1.54) is 12.1 Å². The number of ether oxygens (including phenoxy) is 2. The van der Waals surface area contributed by atoms with Gasteiger partial charge in [0.25, 0.3) is 0 Å². The molecule has 0 bridgehead atoms. The lowest BCUT2D eigenvalue weighted by molar-refractivity contribution is 0.395. The maximum atomic E-state index is 13.1. The van der Waals surface area contributed by atoms with Crippen molar-refractivity contribution in [2.24, 2.45) is 0 Å². The normalized spacial score (nSPS) is 10.5. The van der Waals surface area contributed by atoms with Crippen molar-refractivity contribution >= 4 is 28.7 Å². The molecule has 6 nitrogen and oxygen atoms in total. The number of benzene rings is 2. The summed E-state index contributed by atoms with van der Waals surface area (Å²) in [5.74, 6) is 1.07. The number of aromatic nitrogens is 2. The van der Waals surface area contributed by atoms with Crippen LogP contribution in [0.2, 0.25) is 0 Å². The van der Waals surface area contributed by atoms with Gasteiger partial charge in [-0.05, 0) is 43.8 Å². The summed E-state index contributed by atoms with van der Waals surface area (Å²) in [6, 6.07) is 11.8. The Balaban J connectivity index is 1.74. The standard InChI is InChI=1S/C21H23FN4O2S/c1-13-20(14(2)26(25-13)12-15-5-7-16(22)8-6-15)24-21(29)23-17-9-18(27-3)11-19(10-17)28-4/h5-11H,12H2,1-4H3,(H2,23,24,29). The number of methoxy groups -OCH3 is 2. The fourth-order valence-electron chi connectivity index (χ4n) is 2.95. The van der Waals surface area contributed by atoms with Crippen molar-refractivity contribution in [2.45, 2.75) is 20.4 Å². The smallest absolute Gasteiger partial charge is 0.175 e. The molecule has 0 spiro atoms. The number of thiocarbonyl (C=S) groups is 1. The molecule has 0 aliphatic heterocycles. The van der Waals surface area contributed by atoms with E-state index in [0.717, 1.165) is 28.3 Å². The molecule has 3 aromatic rings. The van der Waals surface area contributed by atoms with Crippen molar-refractivity contribution in [3.63, 3.8) is 0 Å². The Morgan fingerprint density at radius 2 is 1.66 bits per heavy atom. The van der Waals surface area contributed by atoms with E-state index in [-0.39, 0.29) is 5.82 Å². The molecule has 3 rings (SSSR count). The van der Waals surface area contributed by atoms with E-state index in [9.17, 15) is 4.39 Å². The Morgan fingerprint density at radius 1 is 1.03 bits per heavy atom. The first-order valence-corrected chi connectivity index (χ1v) is 9.40. The molecule has 1 heterocycles. The quantitative estimate of drug-likeness (QED) is 0.579. The third-order valence-electron chi connectivity index (χ3n) is 4.47. The number of aryl methyl sites for hydroxylation is 1. The molecule has 0 radical (unpaired) electrons. The van der Waals surface area contributed by atoms with Crippen LogP contribution in [0.3, 0.4) is 0 Å². The van der Waals surface area contributed by atoms with Crippen LogP contribution < -0.4 is 20.1 Å². The maximum Gasteiger partial charge on any atom is 0.175 e. The predicted molar refractivity (Wildman–Crippen MR) is 117 cm³/mol. The summed E-state index contributed by atoms with van der Waals surface area (Å²) in [5.41, 5.74) is 4.29. The summed E-state index contributed by atoms with van der Waals surface area (Å²) >= 11 is 5.47. The second kappa shape index (κ2) is 8.91. The van der Waals surface area contributed by atoms with E-state index >= 15 is 0 Å². The second-order valence-electron chi connectivity index (χ2n) is 6.51. The van der Waals surface area contributed by atoms with E-state index in [1.54, 1.807) is 32.4 Å². The molecule has 0 saturated heterocycles. The van der Waals surface area contributed by atoms with Crippen LogP contribution in [-0.4, -0.2) is 29.1 Å². The van der Waals surface area contributed by atoms with Gasteiger partial charge in [-0.3, -0.25) is 4.68 Å². The largest absolute Gasteiger partial charge is 0.497 e. The van der Waals surface area contributed by atoms with Crippen molar-refractivity contribution in [1.82, 2.24) is 9.78 Å². The Hall–Kier alpha value is -3.13. The summed E-state index contributed by atoms with van der Waals surface area (Å²) in [4.78, 5) is 0. The highest BCUT2D eigenvalue weighted by Gasteiger charge is 2.14. The van der Waals surface area contributed by atoms with Crippen LogP contribution in [0, 0.1) is 19.7 Å². The molecule has 0 fully saturated rings. The van der Waals surface area contributed by atoms with Crippen molar-refractivity contribution in [3.05, 3.63) is 65.2 Å². The summed E-state index contributed by atoms with van der Waals surface area (Å²) < 4.78 is 25.5. The molecular weight excluding hydrogens is 391 g/mol. The topological polar surface area (TPSA) is 60.3 Å². The van der Waals surface area contributed by atoms with Crippen LogP contribution in [0.4, 0.5) is 15.8 Å². The molecule has 0 saturated carbocycles. The van der Waals surface area contributed by atoms with Gasteiger partial charge in [0.15, 0.2) is 5.11 Å². The Labute approximate surface area is 174 Å². The van der Waals surface area contributed by atoms with Crippen molar-refractivity contribution in [3.8, 4) is 11.5 Å². The fourth-order valence-corrected chi connectivity index (χ4v) is 3.17. The number of hydrogen-bond donors (Lipinski definition) is 2. The first kappa shape index (κ1) is 20.6. The minimum Gasteiger partial charge on any atom is -0.497 e. The van der Waals surface area contributed by atoms with Gasteiger partial charge in [0.05, 0.1) is 37.8 Å². The van der Waals surface area contributed by atoms with E-state index < -0.39 is 0 Å². The fraction of sp³-hybridized carbons (Fsp3) is 0.238. The van der Waals surface area contributed by atoms with E-state index in [4.69, 9.17) is 21.7 Å². The Kier molecular flexibility index (Phi) is 6.33. The second-order valence-corrected chi connectivity index (χ2v) is 6.92. The van der Waals surface area contributed by atoms with Gasteiger partial charge >= 0.3 is 0 Å². The van der Waals surface area contributed by atoms with Gasteiger partial charge in [-0.25, -0.2) is 4.39 Å². The van der Waals surface area contributed by atoms with Crippen molar-refractivity contribution in [1.29, 1.82) is 0 Å². The van der Waals surface area contributed by atoms with Gasteiger partial charge < -0.3 is 20.1 Å². The highest BCUT2D eigenvalue weighted by Crippen LogP contribution is 2.26. The lowest BCUT2D eigenvalue weighted by Gasteiger charge is -2.13. The molecule has 0 aliphatic carbocycles. The average molecular weight is 415 g/mol. The van der Waals surface area contributed by atoms with Gasteiger partial charge in [0.1, 0.15) is 17.3 Å². The number of anilines is 2. The third-order valence-corrected chi connectivity index (χ3v) is 4.68. The number of hydrogen-bond acceptors (Lipinski definition) is 4. The number of nitrogens with one attached hydrogen (secondary N) is 2. The highest BCUT2D eigenvalue weighted by atomic mass is 32.1. The van der Waals surface area contributed by atoms with Gasteiger partial charge in [0, 0.05) is 23.9 Å². The minimum absolute atomic E-state index is 0.255. The first-order valence-electron chi connectivity index (χ1n) is 8.99. The zero-order valence-corrected chi connectivity index (χ0v) is 17.6. The molecular formula is C21H23FN4O2S. The Morgan fingerprint density at radius 3 is 2.24 bits per heavy atom. The lowest BCUT2D eigenvalue weighted by Crippen LogP contribution is -2.20. The van der Waals surface area contributed by atoms with E-state index in [0.29, 0.717) is 23.2 Å². The minimum atomic E-state index is -0.255. The van der Waals surface area contributed by atoms with Crippen LogP contribution in [0.1, 0.15) is 17.0 Å². The molecule has 0 amide bonds. The van der Waals surface area contributed by atoms with Crippen LogP contribution in [0.5, 0.6) is 11.5 Å². The van der Waals surface area contributed by atoms with Gasteiger partial charge in [-0.1, -0.05) is 12.1 Å². The van der Waals surface area contributed by atoms with Crippen molar-refractivity contribution in [2.75, 3.05) is 24.9 Å². The number of nitrogens with zero attached hydrogens (tertiary/aromatic N) is 2. The van der Waals surface area contributed by atoms with E-state index in [2.05, 4.69) is 15.7 Å². The number of halogens is 1. The maximum absolute atomic E-state index is 13.1. The average Bonchev–Trinajstić information content (AvgIpc) is 2.96. The SMILES string of the molecule is COc1cc(NC(=S)Nc2c(C)nn(Cc3ccc(F)cc3)c2C)cc(OC)c1. The molecule has 2 N–H and O–H groups in total. The van der Waals surface area contributed by atoms with Gasteiger partial charge in [-0.15, -0.1) is 0 Å². The van der Waals surface area contributed by atoms with Crippen molar-refractivity contribution < 1.29 is 13.9 Å². The van der Waals surface area contributed by atoms with Crippen LogP contribution in [0.15, 0.2) is 42.5 Å².